The standard InChI is InChI=1S/C20H17Cl3N2O4S2/c1-2-16(26)24-18(20(21,22)23)29-13-7-5-12(6-8-13)10-15-17(27)25(19(30)31-15)11-14-4-3-9-28-14/h3-10,18H,2,11H2,1H3,(H,24,26)/b15-10-. The van der Waals surface area contributed by atoms with E-state index in [-0.39, 0.29) is 24.8 Å². The largest absolute Gasteiger partial charge is 0.467 e. The van der Waals surface area contributed by atoms with Crippen molar-refractivity contribution in [3.05, 3.63) is 58.9 Å². The van der Waals surface area contributed by atoms with Gasteiger partial charge in [-0.05, 0) is 35.9 Å². The summed E-state index contributed by atoms with van der Waals surface area (Å²) in [5.41, 5.74) is 0.758. The molecule has 1 N–H and O–H groups in total. The lowest BCUT2D eigenvalue weighted by Crippen LogP contribution is -2.47. The van der Waals surface area contributed by atoms with Crippen molar-refractivity contribution in [1.29, 1.82) is 0 Å². The molecule has 0 radical (unpaired) electrons. The molecule has 0 spiro atoms. The van der Waals surface area contributed by atoms with Gasteiger partial charge in [0.25, 0.3) is 5.91 Å². The van der Waals surface area contributed by atoms with E-state index in [0.29, 0.717) is 20.7 Å². The SMILES string of the molecule is CCC(=O)NC(Oc1ccc(/C=C2\SC(=S)N(Cc3ccco3)C2=O)cc1)C(Cl)(Cl)Cl. The van der Waals surface area contributed by atoms with Crippen molar-refractivity contribution < 1.29 is 18.7 Å². The fourth-order valence-corrected chi connectivity index (χ4v) is 4.10. The van der Waals surface area contributed by atoms with Crippen LogP contribution in [0.1, 0.15) is 24.7 Å². The zero-order valence-corrected chi connectivity index (χ0v) is 20.0. The predicted octanol–water partition coefficient (Wildman–Crippen LogP) is 5.28. The first kappa shape index (κ1) is 23.9. The van der Waals surface area contributed by atoms with E-state index < -0.39 is 10.0 Å². The van der Waals surface area contributed by atoms with E-state index in [1.54, 1.807) is 55.7 Å². The van der Waals surface area contributed by atoms with E-state index in [1.165, 1.54) is 16.7 Å². The molecule has 0 bridgehead atoms. The van der Waals surface area contributed by atoms with Crippen LogP contribution in [0.4, 0.5) is 0 Å². The van der Waals surface area contributed by atoms with E-state index in [2.05, 4.69) is 5.32 Å². The Kier molecular flexibility index (Phi) is 7.93. The third-order valence-corrected chi connectivity index (χ3v) is 6.08. The van der Waals surface area contributed by atoms with Gasteiger partial charge < -0.3 is 14.5 Å². The second-order valence-corrected chi connectivity index (χ2v) is 10.4. The van der Waals surface area contributed by atoms with Gasteiger partial charge in [-0.2, -0.15) is 0 Å². The average Bonchev–Trinajstić information content (AvgIpc) is 3.32. The lowest BCUT2D eigenvalue weighted by molar-refractivity contribution is -0.123. The Hall–Kier alpha value is -1.71. The van der Waals surface area contributed by atoms with Crippen LogP contribution in [0.2, 0.25) is 0 Å². The number of thiocarbonyl (C=S) groups is 1. The fraction of sp³-hybridized carbons (Fsp3) is 0.250. The molecule has 6 nitrogen and oxygen atoms in total. The van der Waals surface area contributed by atoms with Gasteiger partial charge in [0.15, 0.2) is 0 Å². The maximum atomic E-state index is 12.7. The molecule has 0 saturated carbocycles. The number of rotatable bonds is 7. The Morgan fingerprint density at radius 1 is 1.32 bits per heavy atom. The summed E-state index contributed by atoms with van der Waals surface area (Å²) >= 11 is 24.3. The molecule has 2 aromatic rings. The van der Waals surface area contributed by atoms with Gasteiger partial charge in [0.05, 0.1) is 17.7 Å². The monoisotopic (exact) mass is 518 g/mol. The Morgan fingerprint density at radius 2 is 2.03 bits per heavy atom. The summed E-state index contributed by atoms with van der Waals surface area (Å²) in [5, 5.41) is 2.52. The Bertz CT molecular complexity index is 989. The molecule has 3 rings (SSSR count). The van der Waals surface area contributed by atoms with E-state index in [9.17, 15) is 9.59 Å². The molecule has 31 heavy (non-hydrogen) atoms. The topological polar surface area (TPSA) is 71.8 Å². The summed E-state index contributed by atoms with van der Waals surface area (Å²) in [4.78, 5) is 26.3. The van der Waals surface area contributed by atoms with Gasteiger partial charge in [-0.15, -0.1) is 0 Å². The number of thioether (sulfide) groups is 1. The molecule has 1 aromatic carbocycles. The van der Waals surface area contributed by atoms with Crippen molar-refractivity contribution in [2.45, 2.75) is 29.9 Å². The number of furan rings is 1. The van der Waals surface area contributed by atoms with Crippen molar-refractivity contribution in [1.82, 2.24) is 10.2 Å². The molecule has 1 aliphatic rings. The average molecular weight is 520 g/mol. The van der Waals surface area contributed by atoms with Gasteiger partial charge in [0.2, 0.25) is 15.9 Å². The molecule has 0 aliphatic carbocycles. The van der Waals surface area contributed by atoms with Crippen LogP contribution < -0.4 is 10.1 Å². The minimum atomic E-state index is -1.86. The van der Waals surface area contributed by atoms with Crippen LogP contribution >= 0.6 is 58.8 Å². The molecule has 1 saturated heterocycles. The number of carbonyl (C=O) groups is 2. The van der Waals surface area contributed by atoms with E-state index in [1.807, 2.05) is 0 Å². The van der Waals surface area contributed by atoms with E-state index in [0.717, 1.165) is 5.56 Å². The lowest BCUT2D eigenvalue weighted by Gasteiger charge is -2.26. The lowest BCUT2D eigenvalue weighted by atomic mass is 10.2. The number of alkyl halides is 3. The van der Waals surface area contributed by atoms with Gasteiger partial charge >= 0.3 is 0 Å². The normalized spacial score (nSPS) is 16.6. The molecule has 11 heteroatoms. The minimum Gasteiger partial charge on any atom is -0.467 e. The zero-order valence-electron chi connectivity index (χ0n) is 16.1. The number of amides is 2. The second kappa shape index (κ2) is 10.3. The summed E-state index contributed by atoms with van der Waals surface area (Å²) in [6, 6.07) is 10.3. The first-order chi connectivity index (χ1) is 14.7. The number of hydrogen-bond donors (Lipinski definition) is 1. The number of hydrogen-bond acceptors (Lipinski definition) is 6. The van der Waals surface area contributed by atoms with Crippen molar-refractivity contribution in [3.63, 3.8) is 0 Å². The Labute approximate surface area is 203 Å². The Morgan fingerprint density at radius 3 is 2.61 bits per heavy atom. The Balaban J connectivity index is 1.69. The highest BCUT2D eigenvalue weighted by atomic mass is 35.6. The van der Waals surface area contributed by atoms with Crippen LogP contribution in [0.15, 0.2) is 52.0 Å². The molecule has 2 amide bonds. The first-order valence-corrected chi connectivity index (χ1v) is 11.4. The summed E-state index contributed by atoms with van der Waals surface area (Å²) < 4.78 is 9.53. The molecule has 1 aromatic heterocycles. The van der Waals surface area contributed by atoms with Crippen molar-refractivity contribution in [3.8, 4) is 5.75 Å². The van der Waals surface area contributed by atoms with Crippen LogP contribution in [-0.4, -0.2) is 31.1 Å². The van der Waals surface area contributed by atoms with Crippen LogP contribution in [0.3, 0.4) is 0 Å². The van der Waals surface area contributed by atoms with Crippen LogP contribution in [0.25, 0.3) is 6.08 Å². The highest BCUT2D eigenvalue weighted by Gasteiger charge is 2.36. The molecule has 1 unspecified atom stereocenters. The summed E-state index contributed by atoms with van der Waals surface area (Å²) in [6.45, 7) is 1.96. The first-order valence-electron chi connectivity index (χ1n) is 9.08. The fourth-order valence-electron chi connectivity index (χ4n) is 2.55. The molecular weight excluding hydrogens is 503 g/mol. The highest BCUT2D eigenvalue weighted by Crippen LogP contribution is 2.35. The number of benzene rings is 1. The summed E-state index contributed by atoms with van der Waals surface area (Å²) in [7, 11) is 0. The highest BCUT2D eigenvalue weighted by molar-refractivity contribution is 8.26. The molecule has 1 atom stereocenters. The van der Waals surface area contributed by atoms with Gasteiger partial charge in [-0.1, -0.05) is 77.8 Å². The summed E-state index contributed by atoms with van der Waals surface area (Å²) in [5.74, 6) is 0.530. The van der Waals surface area contributed by atoms with Crippen molar-refractivity contribution in [2.75, 3.05) is 0 Å². The predicted molar refractivity (Wildman–Crippen MR) is 127 cm³/mol. The molecule has 2 heterocycles. The molecule has 164 valence electrons. The van der Waals surface area contributed by atoms with Crippen molar-refractivity contribution in [2.24, 2.45) is 0 Å². The van der Waals surface area contributed by atoms with Gasteiger partial charge in [-0.3, -0.25) is 14.5 Å². The maximum absolute atomic E-state index is 12.7. The zero-order chi connectivity index (χ0) is 22.6. The maximum Gasteiger partial charge on any atom is 0.266 e. The van der Waals surface area contributed by atoms with Crippen molar-refractivity contribution >= 4 is 81.0 Å². The smallest absolute Gasteiger partial charge is 0.266 e. The second-order valence-electron chi connectivity index (χ2n) is 6.38. The van der Waals surface area contributed by atoms with Crippen LogP contribution in [-0.2, 0) is 16.1 Å². The number of carbonyl (C=O) groups excluding carboxylic acids is 2. The minimum absolute atomic E-state index is 0.190. The molecular formula is C20H17Cl3N2O4S2. The van der Waals surface area contributed by atoms with E-state index >= 15 is 0 Å². The van der Waals surface area contributed by atoms with Crippen LogP contribution in [0, 0.1) is 0 Å². The third kappa shape index (κ3) is 6.40. The van der Waals surface area contributed by atoms with E-state index in [4.69, 9.17) is 56.2 Å². The van der Waals surface area contributed by atoms with Gasteiger partial charge in [-0.25, -0.2) is 0 Å². The van der Waals surface area contributed by atoms with Crippen LogP contribution in [0.5, 0.6) is 5.75 Å². The summed E-state index contributed by atoms with van der Waals surface area (Å²) in [6.07, 6.45) is 2.34. The number of halogens is 3. The number of nitrogens with zero attached hydrogens (tertiary/aromatic N) is 1. The quantitative estimate of drug-likeness (QED) is 0.232. The van der Waals surface area contributed by atoms with Gasteiger partial charge in [0.1, 0.15) is 15.8 Å². The van der Waals surface area contributed by atoms with Gasteiger partial charge in [0, 0.05) is 6.42 Å². The molecule has 1 aliphatic heterocycles. The number of ether oxygens (including phenoxy) is 1. The third-order valence-electron chi connectivity index (χ3n) is 4.11. The molecule has 1 fully saturated rings. The number of nitrogens with one attached hydrogen (secondary N) is 1.